The standard InChI is InChI=1S/C32H31NS/c1-21(2)27-18-26(23-11-7-4-8-12-23)20-31-32(27)28-17-25(13-14-30(28)34-31)29-19-24(15-16-33-29)22-9-5-3-6-10-22/h4,7-8,11-22H,3,5-6,9-10H2,1-2H3. The quantitative estimate of drug-likeness (QED) is 0.259. The Morgan fingerprint density at radius 1 is 0.765 bits per heavy atom. The van der Waals surface area contributed by atoms with Gasteiger partial charge >= 0.3 is 0 Å². The highest BCUT2D eigenvalue weighted by atomic mass is 32.1. The van der Waals surface area contributed by atoms with Gasteiger partial charge in [0, 0.05) is 31.9 Å². The van der Waals surface area contributed by atoms with Crippen LogP contribution in [-0.2, 0) is 0 Å². The molecule has 2 heterocycles. The Balaban J connectivity index is 1.48. The van der Waals surface area contributed by atoms with Gasteiger partial charge in [-0.2, -0.15) is 0 Å². The molecule has 1 nitrogen and oxygen atoms in total. The first-order valence-corrected chi connectivity index (χ1v) is 13.5. The highest BCUT2D eigenvalue weighted by Gasteiger charge is 2.18. The molecule has 2 aromatic heterocycles. The lowest BCUT2D eigenvalue weighted by Crippen LogP contribution is -2.04. The number of hydrogen-bond acceptors (Lipinski definition) is 2. The van der Waals surface area contributed by atoms with Crippen molar-refractivity contribution in [3.63, 3.8) is 0 Å². The van der Waals surface area contributed by atoms with Crippen LogP contribution in [0, 0.1) is 0 Å². The van der Waals surface area contributed by atoms with Crippen LogP contribution in [0.25, 0.3) is 42.6 Å². The molecule has 170 valence electrons. The summed E-state index contributed by atoms with van der Waals surface area (Å²) in [6, 6.07) is 27.1. The molecular weight excluding hydrogens is 430 g/mol. The lowest BCUT2D eigenvalue weighted by atomic mass is 9.84. The average Bonchev–Trinajstić information content (AvgIpc) is 3.27. The van der Waals surface area contributed by atoms with E-state index in [0.29, 0.717) is 11.8 Å². The molecule has 1 fully saturated rings. The topological polar surface area (TPSA) is 12.9 Å². The zero-order valence-corrected chi connectivity index (χ0v) is 20.9. The summed E-state index contributed by atoms with van der Waals surface area (Å²) in [7, 11) is 0. The third-order valence-electron chi connectivity index (χ3n) is 7.49. The van der Waals surface area contributed by atoms with Crippen LogP contribution in [0.15, 0.2) is 79.0 Å². The van der Waals surface area contributed by atoms with E-state index in [1.54, 1.807) is 0 Å². The van der Waals surface area contributed by atoms with Gasteiger partial charge in [-0.25, -0.2) is 0 Å². The summed E-state index contributed by atoms with van der Waals surface area (Å²) in [5, 5.41) is 2.78. The first kappa shape index (κ1) is 21.6. The molecule has 0 unspecified atom stereocenters. The fourth-order valence-corrected chi connectivity index (χ4v) is 6.80. The minimum Gasteiger partial charge on any atom is -0.256 e. The molecule has 1 aliphatic rings. The van der Waals surface area contributed by atoms with Crippen molar-refractivity contribution in [1.29, 1.82) is 0 Å². The second-order valence-electron chi connectivity index (χ2n) is 10.1. The van der Waals surface area contributed by atoms with E-state index in [9.17, 15) is 0 Å². The smallest absolute Gasteiger partial charge is 0.0705 e. The summed E-state index contributed by atoms with van der Waals surface area (Å²) in [5.41, 5.74) is 7.83. The van der Waals surface area contributed by atoms with Crippen LogP contribution in [0.5, 0.6) is 0 Å². The Morgan fingerprint density at radius 3 is 2.38 bits per heavy atom. The van der Waals surface area contributed by atoms with Crippen molar-refractivity contribution < 1.29 is 0 Å². The van der Waals surface area contributed by atoms with Gasteiger partial charge in [0.25, 0.3) is 0 Å². The zero-order valence-electron chi connectivity index (χ0n) is 20.1. The molecule has 0 N–H and O–H groups in total. The van der Waals surface area contributed by atoms with Gasteiger partial charge in [-0.15, -0.1) is 11.3 Å². The van der Waals surface area contributed by atoms with Crippen LogP contribution >= 0.6 is 11.3 Å². The third-order valence-corrected chi connectivity index (χ3v) is 8.60. The Bertz CT molecular complexity index is 1460. The molecule has 0 amide bonds. The molecule has 1 saturated carbocycles. The average molecular weight is 462 g/mol. The number of benzene rings is 3. The maximum Gasteiger partial charge on any atom is 0.0705 e. The highest BCUT2D eigenvalue weighted by Crippen LogP contribution is 2.42. The van der Waals surface area contributed by atoms with E-state index in [4.69, 9.17) is 4.98 Å². The van der Waals surface area contributed by atoms with Gasteiger partial charge in [-0.1, -0.05) is 75.6 Å². The maximum absolute atomic E-state index is 4.79. The summed E-state index contributed by atoms with van der Waals surface area (Å²) in [6.07, 6.45) is 8.76. The predicted octanol–water partition coefficient (Wildman–Crippen LogP) is 9.95. The monoisotopic (exact) mass is 461 g/mol. The summed E-state index contributed by atoms with van der Waals surface area (Å²) in [5.74, 6) is 1.16. The van der Waals surface area contributed by atoms with Crippen LogP contribution in [0.3, 0.4) is 0 Å². The van der Waals surface area contributed by atoms with Crippen molar-refractivity contribution in [1.82, 2.24) is 4.98 Å². The normalized spacial score (nSPS) is 14.9. The van der Waals surface area contributed by atoms with E-state index in [-0.39, 0.29) is 0 Å². The largest absolute Gasteiger partial charge is 0.256 e. The number of fused-ring (bicyclic) bond motifs is 3. The zero-order chi connectivity index (χ0) is 23.1. The van der Waals surface area contributed by atoms with Crippen LogP contribution in [-0.4, -0.2) is 4.98 Å². The van der Waals surface area contributed by atoms with Crippen LogP contribution in [0.1, 0.15) is 68.9 Å². The number of rotatable bonds is 4. The number of thiophene rings is 1. The number of hydrogen-bond donors (Lipinski definition) is 0. The molecule has 0 spiro atoms. The lowest BCUT2D eigenvalue weighted by Gasteiger charge is -2.22. The van der Waals surface area contributed by atoms with Crippen LogP contribution in [0.4, 0.5) is 0 Å². The summed E-state index contributed by atoms with van der Waals surface area (Å²) >= 11 is 1.91. The van der Waals surface area contributed by atoms with Crippen molar-refractivity contribution in [3.05, 3.63) is 90.1 Å². The fourth-order valence-electron chi connectivity index (χ4n) is 5.65. The summed E-state index contributed by atoms with van der Waals surface area (Å²) < 4.78 is 2.73. The molecule has 3 aromatic carbocycles. The Labute approximate surface area is 206 Å². The van der Waals surface area contributed by atoms with Gasteiger partial charge in [0.1, 0.15) is 0 Å². The number of aromatic nitrogens is 1. The molecular formula is C32H31NS. The first-order chi connectivity index (χ1) is 16.7. The molecule has 0 atom stereocenters. The predicted molar refractivity (Wildman–Crippen MR) is 148 cm³/mol. The maximum atomic E-state index is 4.79. The Morgan fingerprint density at radius 2 is 1.59 bits per heavy atom. The molecule has 1 aliphatic carbocycles. The van der Waals surface area contributed by atoms with Crippen LogP contribution in [0.2, 0.25) is 0 Å². The van der Waals surface area contributed by atoms with E-state index in [2.05, 4.69) is 86.6 Å². The molecule has 0 radical (unpaired) electrons. The van der Waals surface area contributed by atoms with Gasteiger partial charge in [0.15, 0.2) is 0 Å². The second kappa shape index (κ2) is 9.00. The van der Waals surface area contributed by atoms with E-state index in [1.807, 2.05) is 17.5 Å². The van der Waals surface area contributed by atoms with Gasteiger partial charge < -0.3 is 0 Å². The van der Waals surface area contributed by atoms with Crippen molar-refractivity contribution in [2.24, 2.45) is 0 Å². The van der Waals surface area contributed by atoms with Gasteiger partial charge in [0.05, 0.1) is 5.69 Å². The first-order valence-electron chi connectivity index (χ1n) is 12.7. The van der Waals surface area contributed by atoms with Crippen molar-refractivity contribution >= 4 is 31.5 Å². The SMILES string of the molecule is CC(C)c1cc(-c2ccccc2)cc2sc3ccc(-c4cc(C5CCCCC5)ccn4)cc3c12. The van der Waals surface area contributed by atoms with E-state index in [1.165, 1.54) is 80.1 Å². The fraction of sp³-hybridized carbons (Fsp3) is 0.281. The number of pyridine rings is 1. The molecule has 0 saturated heterocycles. The van der Waals surface area contributed by atoms with Gasteiger partial charge in [-0.3, -0.25) is 4.98 Å². The molecule has 6 rings (SSSR count). The molecule has 34 heavy (non-hydrogen) atoms. The Kier molecular flexibility index (Phi) is 5.71. The van der Waals surface area contributed by atoms with Crippen LogP contribution < -0.4 is 0 Å². The molecule has 2 heteroatoms. The minimum atomic E-state index is 0.459. The van der Waals surface area contributed by atoms with E-state index in [0.717, 1.165) is 5.69 Å². The van der Waals surface area contributed by atoms with Crippen molar-refractivity contribution in [2.45, 2.75) is 57.8 Å². The lowest BCUT2D eigenvalue weighted by molar-refractivity contribution is 0.443. The summed E-state index contributed by atoms with van der Waals surface area (Å²) in [4.78, 5) is 4.79. The Hall–Kier alpha value is -2.97. The summed E-state index contributed by atoms with van der Waals surface area (Å²) in [6.45, 7) is 4.62. The van der Waals surface area contributed by atoms with Gasteiger partial charge in [-0.05, 0) is 77.3 Å². The van der Waals surface area contributed by atoms with E-state index >= 15 is 0 Å². The molecule has 0 bridgehead atoms. The molecule has 0 aliphatic heterocycles. The molecule has 5 aromatic rings. The van der Waals surface area contributed by atoms with Gasteiger partial charge in [0.2, 0.25) is 0 Å². The van der Waals surface area contributed by atoms with E-state index < -0.39 is 0 Å². The number of nitrogens with zero attached hydrogens (tertiary/aromatic N) is 1. The second-order valence-corrected chi connectivity index (χ2v) is 11.2. The minimum absolute atomic E-state index is 0.459. The highest BCUT2D eigenvalue weighted by molar-refractivity contribution is 7.25. The van der Waals surface area contributed by atoms with Crippen molar-refractivity contribution in [3.8, 4) is 22.4 Å². The third kappa shape index (κ3) is 3.95. The van der Waals surface area contributed by atoms with Crippen molar-refractivity contribution in [2.75, 3.05) is 0 Å².